The van der Waals surface area contributed by atoms with Gasteiger partial charge in [0, 0.05) is 76.5 Å². The molecule has 4 aliphatic rings. The van der Waals surface area contributed by atoms with E-state index in [0.717, 1.165) is 9.75 Å². The molecule has 2 fully saturated rings. The lowest BCUT2D eigenvalue weighted by atomic mass is 10.0. The summed E-state index contributed by atoms with van der Waals surface area (Å²) in [6.07, 6.45) is -0.247. The molecule has 6 N–H and O–H groups in total. The third kappa shape index (κ3) is 7.61. The number of hydrogen-bond donors (Lipinski definition) is 4. The van der Waals surface area contributed by atoms with E-state index >= 15 is 0 Å². The number of benzene rings is 2. The predicted molar refractivity (Wildman–Crippen MR) is 211 cm³/mol. The van der Waals surface area contributed by atoms with Crippen molar-refractivity contribution in [3.8, 4) is 57.7 Å². The number of aliphatic hydroxyl groups is 2. The minimum absolute atomic E-state index is 0.190. The number of nitrogens with two attached hydrogens (primary N) is 2. The Morgan fingerprint density at radius 3 is 1.48 bits per heavy atom. The maximum atomic E-state index is 12.1. The highest BCUT2D eigenvalue weighted by molar-refractivity contribution is 7.14. The second kappa shape index (κ2) is 15.8. The molecule has 0 radical (unpaired) electrons. The zero-order chi connectivity index (χ0) is 41.5. The molecule has 2 aromatic heterocycles. The SMILES string of the molecule is CO[C@@H]1COc2ccc(C#C[C@]3(O)CCN(C)C3=O)cc2-c2nc(C(N)=O)sc21.CO[C@H]1COc2ccc(C#C[C@]3(O)CCN(C)C3=O)cc2-c2nc(C(N)=O)sc21. The van der Waals surface area contributed by atoms with Gasteiger partial charge in [-0.05, 0) is 36.4 Å². The van der Waals surface area contributed by atoms with Gasteiger partial charge in [0.15, 0.2) is 10.0 Å². The van der Waals surface area contributed by atoms with Crippen LogP contribution in [0.4, 0.5) is 0 Å². The van der Waals surface area contributed by atoms with Crippen LogP contribution in [0.2, 0.25) is 0 Å². The highest BCUT2D eigenvalue weighted by Gasteiger charge is 2.43. The Kier molecular flexibility index (Phi) is 11.0. The predicted octanol–water partition coefficient (Wildman–Crippen LogP) is 1.87. The van der Waals surface area contributed by atoms with E-state index in [9.17, 15) is 29.4 Å². The Bertz CT molecular complexity index is 2310. The molecule has 8 rings (SSSR count). The highest BCUT2D eigenvalue weighted by atomic mass is 32.1. The van der Waals surface area contributed by atoms with Crippen LogP contribution in [0, 0.1) is 23.7 Å². The molecule has 58 heavy (non-hydrogen) atoms. The van der Waals surface area contributed by atoms with Crippen LogP contribution in [0.25, 0.3) is 22.5 Å². The van der Waals surface area contributed by atoms with Crippen LogP contribution in [0.5, 0.6) is 11.5 Å². The molecule has 4 aliphatic heterocycles. The first-order chi connectivity index (χ1) is 27.6. The first kappa shape index (κ1) is 40.3. The van der Waals surface area contributed by atoms with E-state index < -0.39 is 34.8 Å². The van der Waals surface area contributed by atoms with Gasteiger partial charge >= 0.3 is 0 Å². The van der Waals surface area contributed by atoms with Crippen molar-refractivity contribution in [2.45, 2.75) is 36.3 Å². The molecule has 4 aromatic rings. The smallest absolute Gasteiger partial charge is 0.277 e. The number of nitrogens with zero attached hydrogens (tertiary/aromatic N) is 4. The van der Waals surface area contributed by atoms with Crippen LogP contribution in [0.1, 0.15) is 65.5 Å². The topological polar surface area (TPSA) is 230 Å². The van der Waals surface area contributed by atoms with Crippen molar-refractivity contribution in [3.05, 3.63) is 67.3 Å². The summed E-state index contributed by atoms with van der Waals surface area (Å²) in [4.78, 5) is 60.7. The summed E-state index contributed by atoms with van der Waals surface area (Å²) in [7, 11) is 6.39. The number of thiazole rings is 2. The molecule has 0 aliphatic carbocycles. The largest absolute Gasteiger partial charge is 0.490 e. The Labute approximate surface area is 340 Å². The zero-order valence-electron chi connectivity index (χ0n) is 31.8. The van der Waals surface area contributed by atoms with Gasteiger partial charge in [-0.1, -0.05) is 23.7 Å². The van der Waals surface area contributed by atoms with Gasteiger partial charge in [0.2, 0.25) is 11.2 Å². The van der Waals surface area contributed by atoms with Crippen LogP contribution in [-0.4, -0.2) is 119 Å². The molecule has 2 saturated heterocycles. The summed E-state index contributed by atoms with van der Waals surface area (Å²) < 4.78 is 22.7. The number of rotatable bonds is 4. The van der Waals surface area contributed by atoms with Crippen molar-refractivity contribution in [2.75, 3.05) is 54.6 Å². The normalized spacial score (nSPS) is 22.8. The summed E-state index contributed by atoms with van der Waals surface area (Å²) in [5.74, 6) is 10.3. The van der Waals surface area contributed by atoms with Crippen molar-refractivity contribution in [1.29, 1.82) is 0 Å². The highest BCUT2D eigenvalue weighted by Crippen LogP contribution is 2.44. The lowest BCUT2D eigenvalue weighted by Crippen LogP contribution is -2.37. The van der Waals surface area contributed by atoms with Crippen molar-refractivity contribution in [3.63, 3.8) is 0 Å². The Morgan fingerprint density at radius 2 is 1.16 bits per heavy atom. The number of likely N-dealkylation sites (tertiary alicyclic amines) is 2. The van der Waals surface area contributed by atoms with Crippen LogP contribution >= 0.6 is 22.7 Å². The maximum Gasteiger partial charge on any atom is 0.277 e. The van der Waals surface area contributed by atoms with Gasteiger partial charge in [0.1, 0.15) is 36.9 Å². The van der Waals surface area contributed by atoms with Crippen LogP contribution in [0.15, 0.2) is 36.4 Å². The van der Waals surface area contributed by atoms with Gasteiger partial charge in [-0.25, -0.2) is 9.97 Å². The fraction of sp³-hybridized carbons (Fsp3) is 0.350. The molecule has 4 atom stereocenters. The fourth-order valence-electron chi connectivity index (χ4n) is 6.66. The lowest BCUT2D eigenvalue weighted by molar-refractivity contribution is -0.138. The summed E-state index contributed by atoms with van der Waals surface area (Å²) in [6, 6.07) is 10.5. The van der Waals surface area contributed by atoms with Crippen molar-refractivity contribution < 1.29 is 48.3 Å². The summed E-state index contributed by atoms with van der Waals surface area (Å²) in [6.45, 7) is 1.45. The number of ether oxygens (including phenoxy) is 4. The van der Waals surface area contributed by atoms with Gasteiger partial charge in [0.05, 0.1) is 21.1 Å². The van der Waals surface area contributed by atoms with Crippen molar-refractivity contribution >= 4 is 46.3 Å². The van der Waals surface area contributed by atoms with Gasteiger partial charge in [-0.2, -0.15) is 0 Å². The van der Waals surface area contributed by atoms with Crippen molar-refractivity contribution in [1.82, 2.24) is 19.8 Å². The minimum Gasteiger partial charge on any atom is -0.490 e. The van der Waals surface area contributed by atoms with E-state index in [1.165, 1.54) is 32.5 Å². The molecule has 0 bridgehead atoms. The minimum atomic E-state index is -1.68. The number of fused-ring (bicyclic) bond motifs is 6. The molecule has 2 aromatic carbocycles. The standard InChI is InChI=1S/2C20H19N3O5S/c2*1-23-8-7-20(26,19(23)25)6-5-11-3-4-13-12(9-11)15-16(14(27-2)10-28-13)29-18(22-15)17(21)24/h2*3-4,9,14,26H,7-8,10H2,1-2H3,(H2,21,24)/t14-,20+;14-,20-/m10/s1. The third-order valence-electron chi connectivity index (χ3n) is 9.98. The molecule has 0 unspecified atom stereocenters. The molecular weight excluding hydrogens is 789 g/mol. The second-order valence-corrected chi connectivity index (χ2v) is 15.9. The van der Waals surface area contributed by atoms with Crippen LogP contribution < -0.4 is 20.9 Å². The number of hydrogen-bond acceptors (Lipinski definition) is 14. The number of methoxy groups -OCH3 is 2. The van der Waals surface area contributed by atoms with Gasteiger partial charge in [0.25, 0.3) is 23.6 Å². The van der Waals surface area contributed by atoms with Crippen LogP contribution in [0.3, 0.4) is 0 Å². The molecular formula is C40H38N6O10S2. The number of carbonyl (C=O) groups excluding carboxylic acids is 4. The van der Waals surface area contributed by atoms with Gasteiger partial charge in [-0.15, -0.1) is 22.7 Å². The quantitative estimate of drug-likeness (QED) is 0.216. The average Bonchev–Trinajstić information content (AvgIpc) is 3.94. The summed E-state index contributed by atoms with van der Waals surface area (Å²) in [5, 5.41) is 21.4. The number of carbonyl (C=O) groups is 4. The summed E-state index contributed by atoms with van der Waals surface area (Å²) in [5.41, 5.74) is 11.0. The maximum absolute atomic E-state index is 12.1. The summed E-state index contributed by atoms with van der Waals surface area (Å²) >= 11 is 2.35. The number of aromatic nitrogens is 2. The Hall–Kier alpha value is -5.86. The van der Waals surface area contributed by atoms with E-state index in [4.69, 9.17) is 30.4 Å². The molecule has 6 heterocycles. The Balaban J connectivity index is 0.000000177. The molecule has 300 valence electrons. The number of likely N-dealkylation sites (N-methyl/N-ethyl adjacent to an activating group) is 2. The second-order valence-electron chi connectivity index (χ2n) is 13.9. The molecule has 0 saturated carbocycles. The monoisotopic (exact) mass is 826 g/mol. The first-order valence-electron chi connectivity index (χ1n) is 17.9. The average molecular weight is 827 g/mol. The van der Waals surface area contributed by atoms with E-state index in [2.05, 4.69) is 33.6 Å². The van der Waals surface area contributed by atoms with Crippen LogP contribution in [-0.2, 0) is 19.1 Å². The molecule has 18 heteroatoms. The van der Waals surface area contributed by atoms with E-state index in [1.54, 1.807) is 64.7 Å². The van der Waals surface area contributed by atoms with E-state index in [-0.39, 0.29) is 48.3 Å². The zero-order valence-corrected chi connectivity index (χ0v) is 33.4. The third-order valence-corrected chi connectivity index (χ3v) is 12.3. The van der Waals surface area contributed by atoms with Gasteiger partial charge < -0.3 is 50.4 Å². The Morgan fingerprint density at radius 1 is 0.759 bits per heavy atom. The first-order valence-corrected chi connectivity index (χ1v) is 19.5. The molecule has 16 nitrogen and oxygen atoms in total. The van der Waals surface area contributed by atoms with Gasteiger partial charge in [-0.3, -0.25) is 19.2 Å². The molecule has 0 spiro atoms. The van der Waals surface area contributed by atoms with E-state index in [1.807, 2.05) is 0 Å². The molecule has 4 amide bonds. The van der Waals surface area contributed by atoms with Crippen molar-refractivity contribution in [2.24, 2.45) is 11.5 Å². The fourth-order valence-corrected chi connectivity index (χ4v) is 8.64. The van der Waals surface area contributed by atoms with E-state index in [0.29, 0.717) is 58.2 Å². The number of primary amides is 2. The number of amides is 4. The lowest BCUT2D eigenvalue weighted by Gasteiger charge is -2.13.